The molecule has 2 atom stereocenters. The average Bonchev–Trinajstić information content (AvgIpc) is 3.28. The van der Waals surface area contributed by atoms with E-state index in [2.05, 4.69) is 11.6 Å². The van der Waals surface area contributed by atoms with Crippen LogP contribution in [0.15, 0.2) is 64.3 Å². The molecule has 1 saturated heterocycles. The number of piperidine rings is 1. The van der Waals surface area contributed by atoms with Gasteiger partial charge >= 0.3 is 11.9 Å². The van der Waals surface area contributed by atoms with E-state index >= 15 is 0 Å². The van der Waals surface area contributed by atoms with E-state index < -0.39 is 12.0 Å². The monoisotopic (exact) mass is 543 g/mol. The summed E-state index contributed by atoms with van der Waals surface area (Å²) in [6.45, 7) is 8.50. The number of likely N-dealkylation sites (tertiary alicyclic amines) is 1. The molecule has 0 spiro atoms. The van der Waals surface area contributed by atoms with Crippen LogP contribution in [-0.2, 0) is 23.9 Å². The molecule has 0 N–H and O–H groups in total. The molecule has 10 heteroatoms. The molecule has 4 rings (SSSR count). The van der Waals surface area contributed by atoms with Crippen LogP contribution in [0.1, 0.15) is 44.7 Å². The minimum Gasteiger partial charge on any atom is -0.466 e. The zero-order chi connectivity index (χ0) is 26.5. The van der Waals surface area contributed by atoms with Crippen LogP contribution in [0.2, 0.25) is 5.02 Å². The second kappa shape index (κ2) is 12.0. The van der Waals surface area contributed by atoms with Crippen LogP contribution in [0.25, 0.3) is 0 Å². The molecular formula is C27H30ClN3O5S. The number of esters is 2. The van der Waals surface area contributed by atoms with E-state index in [-0.39, 0.29) is 30.8 Å². The van der Waals surface area contributed by atoms with Gasteiger partial charge in [-0.25, -0.2) is 9.79 Å². The fourth-order valence-corrected chi connectivity index (χ4v) is 5.92. The third-order valence-electron chi connectivity index (χ3n) is 6.44. The van der Waals surface area contributed by atoms with Crippen molar-refractivity contribution in [3.8, 4) is 0 Å². The molecule has 0 aliphatic carbocycles. The molecule has 0 bridgehead atoms. The number of hydrogen-bond acceptors (Lipinski definition) is 8. The van der Waals surface area contributed by atoms with Gasteiger partial charge < -0.3 is 19.3 Å². The van der Waals surface area contributed by atoms with Gasteiger partial charge in [0.2, 0.25) is 5.91 Å². The normalized spacial score (nSPS) is 21.2. The van der Waals surface area contributed by atoms with Crippen LogP contribution in [0, 0.1) is 5.92 Å². The standard InChI is InChI=1S/C27H30ClN3O5S/c1-4-12-36-26(34)23-17(3)29-27-31(24(23)18-8-6-10-20(28)13-18)21(16-37-27)14-22(32)30-11-7-9-19(15-30)25(33)35-5-2/h4,6,8,10,13,16,19,24H,1,5,7,9,11-12,14-15H2,2-3H3. The number of rotatable bonds is 8. The summed E-state index contributed by atoms with van der Waals surface area (Å²) in [7, 11) is 0. The maximum atomic E-state index is 13.4. The molecule has 3 aliphatic heterocycles. The maximum Gasteiger partial charge on any atom is 0.338 e. The van der Waals surface area contributed by atoms with E-state index in [4.69, 9.17) is 21.1 Å². The Bertz CT molecular complexity index is 1190. The van der Waals surface area contributed by atoms with Crippen LogP contribution in [0.4, 0.5) is 0 Å². The molecule has 0 radical (unpaired) electrons. The van der Waals surface area contributed by atoms with Crippen LogP contribution >= 0.6 is 23.4 Å². The highest BCUT2D eigenvalue weighted by Crippen LogP contribution is 2.45. The van der Waals surface area contributed by atoms with E-state index in [9.17, 15) is 14.4 Å². The van der Waals surface area contributed by atoms with E-state index in [1.807, 2.05) is 22.4 Å². The number of aliphatic imine (C=N–C) groups is 1. The maximum absolute atomic E-state index is 13.4. The molecule has 3 aliphatic rings. The second-order valence-corrected chi connectivity index (χ2v) is 10.2. The van der Waals surface area contributed by atoms with E-state index in [1.165, 1.54) is 17.8 Å². The van der Waals surface area contributed by atoms with Gasteiger partial charge in [0.15, 0.2) is 5.17 Å². The molecular weight excluding hydrogens is 514 g/mol. The van der Waals surface area contributed by atoms with Gasteiger partial charge in [-0.2, -0.15) is 0 Å². The van der Waals surface area contributed by atoms with Crippen molar-refractivity contribution in [1.82, 2.24) is 9.80 Å². The Morgan fingerprint density at radius 1 is 1.30 bits per heavy atom. The zero-order valence-electron chi connectivity index (χ0n) is 20.9. The van der Waals surface area contributed by atoms with Crippen molar-refractivity contribution in [1.29, 1.82) is 0 Å². The van der Waals surface area contributed by atoms with Crippen LogP contribution in [0.5, 0.6) is 0 Å². The van der Waals surface area contributed by atoms with Crippen molar-refractivity contribution in [2.75, 3.05) is 26.3 Å². The summed E-state index contributed by atoms with van der Waals surface area (Å²) in [6, 6.07) is 6.73. The van der Waals surface area contributed by atoms with Crippen LogP contribution in [-0.4, -0.2) is 59.1 Å². The Morgan fingerprint density at radius 2 is 2.11 bits per heavy atom. The summed E-state index contributed by atoms with van der Waals surface area (Å²) in [5.74, 6) is -1.16. The number of benzene rings is 1. The highest BCUT2D eigenvalue weighted by molar-refractivity contribution is 8.16. The molecule has 0 aromatic heterocycles. The molecule has 1 aromatic carbocycles. The van der Waals surface area contributed by atoms with E-state index in [1.54, 1.807) is 30.9 Å². The topological polar surface area (TPSA) is 88.5 Å². The first-order valence-corrected chi connectivity index (χ1v) is 13.5. The lowest BCUT2D eigenvalue weighted by molar-refractivity contribution is -0.151. The minimum absolute atomic E-state index is 0.0704. The number of nitrogens with zero attached hydrogens (tertiary/aromatic N) is 3. The number of carbonyl (C=O) groups is 3. The summed E-state index contributed by atoms with van der Waals surface area (Å²) in [5, 5.41) is 3.10. The molecule has 2 unspecified atom stereocenters. The Morgan fingerprint density at radius 3 is 2.84 bits per heavy atom. The number of ether oxygens (including phenoxy) is 2. The van der Waals surface area contributed by atoms with Crippen molar-refractivity contribution in [2.45, 2.75) is 39.2 Å². The SMILES string of the molecule is C=CCOC(=O)C1=C(C)N=C2SC=C(CC(=O)N3CCCC(C(=O)OCC)C3)N2C1c1cccc(Cl)c1. The van der Waals surface area contributed by atoms with Crippen LogP contribution in [0.3, 0.4) is 0 Å². The molecule has 196 valence electrons. The Labute approximate surface area is 226 Å². The van der Waals surface area contributed by atoms with Gasteiger partial charge in [0, 0.05) is 23.8 Å². The molecule has 8 nitrogen and oxygen atoms in total. The van der Waals surface area contributed by atoms with Crippen molar-refractivity contribution in [3.05, 3.63) is 69.9 Å². The summed E-state index contributed by atoms with van der Waals surface area (Å²) >= 11 is 7.73. The zero-order valence-corrected chi connectivity index (χ0v) is 22.5. The van der Waals surface area contributed by atoms with Gasteiger partial charge in [0.25, 0.3) is 0 Å². The predicted molar refractivity (Wildman–Crippen MR) is 144 cm³/mol. The summed E-state index contributed by atoms with van der Waals surface area (Å²) in [6.07, 6.45) is 3.07. The Balaban J connectivity index is 1.61. The first-order valence-electron chi connectivity index (χ1n) is 12.3. The third kappa shape index (κ3) is 5.93. The fourth-order valence-electron chi connectivity index (χ4n) is 4.76. The highest BCUT2D eigenvalue weighted by Gasteiger charge is 2.42. The number of hydrogen-bond donors (Lipinski definition) is 0. The van der Waals surface area contributed by atoms with Gasteiger partial charge in [-0.3, -0.25) is 9.59 Å². The number of halogens is 1. The van der Waals surface area contributed by atoms with Crippen molar-refractivity contribution < 1.29 is 23.9 Å². The highest BCUT2D eigenvalue weighted by atomic mass is 35.5. The van der Waals surface area contributed by atoms with E-state index in [0.29, 0.717) is 47.6 Å². The summed E-state index contributed by atoms with van der Waals surface area (Å²) in [4.78, 5) is 47.1. The first kappa shape index (κ1) is 27.0. The lowest BCUT2D eigenvalue weighted by Gasteiger charge is -2.37. The van der Waals surface area contributed by atoms with Gasteiger partial charge in [0.05, 0.1) is 36.3 Å². The van der Waals surface area contributed by atoms with Gasteiger partial charge in [0.1, 0.15) is 6.61 Å². The number of fused-ring (bicyclic) bond motifs is 1. The van der Waals surface area contributed by atoms with Gasteiger partial charge in [-0.1, -0.05) is 48.2 Å². The van der Waals surface area contributed by atoms with Gasteiger partial charge in [-0.15, -0.1) is 0 Å². The molecule has 37 heavy (non-hydrogen) atoms. The van der Waals surface area contributed by atoms with Crippen molar-refractivity contribution in [3.63, 3.8) is 0 Å². The average molecular weight is 544 g/mol. The van der Waals surface area contributed by atoms with Gasteiger partial charge in [-0.05, 0) is 49.8 Å². The molecule has 1 amide bonds. The lowest BCUT2D eigenvalue weighted by atomic mass is 9.93. The minimum atomic E-state index is -0.564. The lowest BCUT2D eigenvalue weighted by Crippen LogP contribution is -2.44. The number of amides is 1. The van der Waals surface area contributed by atoms with Crippen molar-refractivity contribution >= 4 is 46.4 Å². The molecule has 0 saturated carbocycles. The van der Waals surface area contributed by atoms with Crippen LogP contribution < -0.4 is 0 Å². The number of allylic oxidation sites excluding steroid dienone is 1. The molecule has 1 fully saturated rings. The number of amidine groups is 1. The Kier molecular flexibility index (Phi) is 8.76. The quantitative estimate of drug-likeness (QED) is 0.342. The molecule has 3 heterocycles. The Hall–Kier alpha value is -3.04. The summed E-state index contributed by atoms with van der Waals surface area (Å²) in [5.41, 5.74) is 2.44. The van der Waals surface area contributed by atoms with Crippen molar-refractivity contribution in [2.24, 2.45) is 10.9 Å². The first-order chi connectivity index (χ1) is 17.8. The predicted octanol–water partition coefficient (Wildman–Crippen LogP) is 4.84. The number of thioether (sulfide) groups is 1. The fraction of sp³-hybridized carbons (Fsp3) is 0.407. The van der Waals surface area contributed by atoms with E-state index in [0.717, 1.165) is 17.7 Å². The number of carbonyl (C=O) groups excluding carboxylic acids is 3. The molecule has 1 aromatic rings. The smallest absolute Gasteiger partial charge is 0.338 e. The summed E-state index contributed by atoms with van der Waals surface area (Å²) < 4.78 is 10.6. The largest absolute Gasteiger partial charge is 0.466 e. The third-order valence-corrected chi connectivity index (χ3v) is 7.57. The second-order valence-electron chi connectivity index (χ2n) is 8.94.